The maximum absolute atomic E-state index is 13.6. The monoisotopic (exact) mass is 317 g/mol. The van der Waals surface area contributed by atoms with Gasteiger partial charge in [0.2, 0.25) is 0 Å². The lowest BCUT2D eigenvalue weighted by atomic mass is 10.2. The van der Waals surface area contributed by atoms with Gasteiger partial charge >= 0.3 is 5.97 Å². The van der Waals surface area contributed by atoms with Crippen molar-refractivity contribution in [3.63, 3.8) is 0 Å². The SMILES string of the molecule is O=C(OCl)c1cccc(Nc2c(F)cc(F)cc2Cl)c1. The number of hydrogen-bond donors (Lipinski definition) is 1. The van der Waals surface area contributed by atoms with E-state index in [9.17, 15) is 13.6 Å². The van der Waals surface area contributed by atoms with Crippen molar-refractivity contribution in [2.75, 3.05) is 5.32 Å². The van der Waals surface area contributed by atoms with Crippen LogP contribution in [0.3, 0.4) is 0 Å². The van der Waals surface area contributed by atoms with E-state index in [-0.39, 0.29) is 16.3 Å². The quantitative estimate of drug-likeness (QED) is 0.893. The number of benzene rings is 2. The van der Waals surface area contributed by atoms with Crippen molar-refractivity contribution in [3.05, 3.63) is 58.6 Å². The summed E-state index contributed by atoms with van der Waals surface area (Å²) >= 11 is 10.7. The predicted octanol–water partition coefficient (Wildman–Crippen LogP) is 4.67. The standard InChI is InChI=1S/C13H7Cl2F2NO2/c14-10-5-8(16)6-11(17)12(10)18-9-3-1-2-7(4-9)13(19)20-15/h1-6,18H. The van der Waals surface area contributed by atoms with E-state index in [4.69, 9.17) is 23.5 Å². The number of carbonyl (C=O) groups is 1. The summed E-state index contributed by atoms with van der Waals surface area (Å²) in [6.45, 7) is 0. The van der Waals surface area contributed by atoms with Crippen molar-refractivity contribution >= 4 is 40.8 Å². The normalized spacial score (nSPS) is 10.2. The van der Waals surface area contributed by atoms with E-state index in [1.165, 1.54) is 12.1 Å². The Morgan fingerprint density at radius 2 is 1.95 bits per heavy atom. The van der Waals surface area contributed by atoms with Gasteiger partial charge in [0.05, 0.1) is 16.3 Å². The molecule has 0 aliphatic rings. The average Bonchev–Trinajstić information content (AvgIpc) is 2.42. The van der Waals surface area contributed by atoms with Gasteiger partial charge < -0.3 is 9.61 Å². The van der Waals surface area contributed by atoms with Crippen LogP contribution in [0.4, 0.5) is 20.2 Å². The Hall–Kier alpha value is -1.85. The second-order valence-electron chi connectivity index (χ2n) is 3.81. The fourth-order valence-corrected chi connectivity index (χ4v) is 1.91. The van der Waals surface area contributed by atoms with Crippen LogP contribution >= 0.6 is 23.5 Å². The summed E-state index contributed by atoms with van der Waals surface area (Å²) in [5.41, 5.74) is 0.449. The highest BCUT2D eigenvalue weighted by Crippen LogP contribution is 2.29. The molecular formula is C13H7Cl2F2NO2. The maximum Gasteiger partial charge on any atom is 0.356 e. The van der Waals surface area contributed by atoms with Crippen LogP contribution in [0, 0.1) is 11.6 Å². The minimum atomic E-state index is -0.847. The molecule has 0 aliphatic carbocycles. The highest BCUT2D eigenvalue weighted by molar-refractivity contribution is 6.33. The van der Waals surface area contributed by atoms with Gasteiger partial charge in [-0.05, 0) is 24.3 Å². The first kappa shape index (κ1) is 14.6. The summed E-state index contributed by atoms with van der Waals surface area (Å²) in [6, 6.07) is 7.66. The first-order valence-electron chi connectivity index (χ1n) is 5.36. The van der Waals surface area contributed by atoms with Gasteiger partial charge in [0.15, 0.2) is 5.82 Å². The number of halogens is 4. The van der Waals surface area contributed by atoms with Crippen molar-refractivity contribution in [2.24, 2.45) is 0 Å². The Balaban J connectivity index is 2.33. The van der Waals surface area contributed by atoms with Crippen LogP contribution in [-0.4, -0.2) is 5.97 Å². The second kappa shape index (κ2) is 6.07. The molecule has 0 fully saturated rings. The molecule has 20 heavy (non-hydrogen) atoms. The lowest BCUT2D eigenvalue weighted by Gasteiger charge is -2.10. The lowest BCUT2D eigenvalue weighted by molar-refractivity contribution is 0.0751. The zero-order chi connectivity index (χ0) is 14.7. The summed E-state index contributed by atoms with van der Waals surface area (Å²) < 4.78 is 30.6. The van der Waals surface area contributed by atoms with Gasteiger partial charge in [-0.15, -0.1) is 0 Å². The van der Waals surface area contributed by atoms with Crippen molar-refractivity contribution < 1.29 is 17.9 Å². The Kier molecular flexibility index (Phi) is 4.42. The molecule has 2 aromatic carbocycles. The van der Waals surface area contributed by atoms with Gasteiger partial charge in [-0.2, -0.15) is 0 Å². The van der Waals surface area contributed by atoms with Gasteiger partial charge in [-0.1, -0.05) is 17.7 Å². The Morgan fingerprint density at radius 1 is 1.20 bits per heavy atom. The summed E-state index contributed by atoms with van der Waals surface area (Å²) in [7, 11) is 0. The van der Waals surface area contributed by atoms with Crippen molar-refractivity contribution in [2.45, 2.75) is 0 Å². The van der Waals surface area contributed by atoms with Gasteiger partial charge in [-0.25, -0.2) is 13.6 Å². The predicted molar refractivity (Wildman–Crippen MR) is 72.4 cm³/mol. The van der Waals surface area contributed by atoms with Crippen molar-refractivity contribution in [1.29, 1.82) is 0 Å². The van der Waals surface area contributed by atoms with E-state index < -0.39 is 17.6 Å². The molecule has 0 spiro atoms. The van der Waals surface area contributed by atoms with E-state index in [2.05, 4.69) is 9.61 Å². The van der Waals surface area contributed by atoms with Crippen molar-refractivity contribution in [3.8, 4) is 0 Å². The molecule has 0 saturated heterocycles. The first-order chi connectivity index (χ1) is 9.51. The Labute approximate surface area is 123 Å². The van der Waals surface area contributed by atoms with Crippen LogP contribution in [0.25, 0.3) is 0 Å². The molecule has 2 aromatic rings. The topological polar surface area (TPSA) is 38.3 Å². The third kappa shape index (κ3) is 3.18. The molecule has 0 bridgehead atoms. The van der Waals surface area contributed by atoms with E-state index in [1.54, 1.807) is 12.1 Å². The van der Waals surface area contributed by atoms with Gasteiger partial charge in [0.25, 0.3) is 0 Å². The zero-order valence-corrected chi connectivity index (χ0v) is 11.3. The number of hydrogen-bond acceptors (Lipinski definition) is 3. The van der Waals surface area contributed by atoms with E-state index in [0.29, 0.717) is 11.8 Å². The number of carbonyl (C=O) groups excluding carboxylic acids is 1. The molecule has 0 atom stereocenters. The molecular weight excluding hydrogens is 311 g/mol. The summed E-state index contributed by atoms with van der Waals surface area (Å²) in [5.74, 6) is -2.38. The molecule has 2 rings (SSSR count). The molecule has 0 aliphatic heterocycles. The second-order valence-corrected chi connectivity index (χ2v) is 4.38. The van der Waals surface area contributed by atoms with Crippen LogP contribution in [0.15, 0.2) is 36.4 Å². The summed E-state index contributed by atoms with van der Waals surface area (Å²) in [4.78, 5) is 11.3. The molecule has 3 nitrogen and oxygen atoms in total. The molecule has 0 heterocycles. The first-order valence-corrected chi connectivity index (χ1v) is 6.04. The molecule has 0 radical (unpaired) electrons. The van der Waals surface area contributed by atoms with Crippen LogP contribution < -0.4 is 5.32 Å². The fourth-order valence-electron chi connectivity index (χ4n) is 1.57. The molecule has 1 N–H and O–H groups in total. The third-order valence-corrected chi connectivity index (χ3v) is 2.88. The maximum atomic E-state index is 13.6. The molecule has 0 aromatic heterocycles. The fraction of sp³-hybridized carbons (Fsp3) is 0. The van der Waals surface area contributed by atoms with E-state index in [1.807, 2.05) is 0 Å². The summed E-state index contributed by atoms with van der Waals surface area (Å²) in [6.07, 6.45) is 0. The molecule has 104 valence electrons. The van der Waals surface area contributed by atoms with E-state index >= 15 is 0 Å². The van der Waals surface area contributed by atoms with Crippen LogP contribution in [-0.2, 0) is 4.29 Å². The number of nitrogens with one attached hydrogen (secondary N) is 1. The largest absolute Gasteiger partial charge is 0.356 e. The van der Waals surface area contributed by atoms with Crippen LogP contribution in [0.5, 0.6) is 0 Å². The van der Waals surface area contributed by atoms with Gasteiger partial charge in [0, 0.05) is 11.8 Å². The number of anilines is 2. The molecule has 0 amide bonds. The van der Waals surface area contributed by atoms with Crippen LogP contribution in [0.1, 0.15) is 10.4 Å². The van der Waals surface area contributed by atoms with Gasteiger partial charge in [-0.3, -0.25) is 0 Å². The van der Waals surface area contributed by atoms with Gasteiger partial charge in [0.1, 0.15) is 17.7 Å². The van der Waals surface area contributed by atoms with Crippen LogP contribution in [0.2, 0.25) is 5.02 Å². The third-order valence-electron chi connectivity index (χ3n) is 2.44. The Morgan fingerprint density at radius 3 is 2.60 bits per heavy atom. The zero-order valence-electron chi connectivity index (χ0n) is 9.79. The highest BCUT2D eigenvalue weighted by atomic mass is 35.5. The molecule has 7 heteroatoms. The minimum absolute atomic E-state index is 0.0931. The minimum Gasteiger partial charge on any atom is -0.352 e. The smallest absolute Gasteiger partial charge is 0.352 e. The molecule has 0 unspecified atom stereocenters. The Bertz CT molecular complexity index is 642. The average molecular weight is 318 g/mol. The van der Waals surface area contributed by atoms with E-state index in [0.717, 1.165) is 6.07 Å². The lowest BCUT2D eigenvalue weighted by Crippen LogP contribution is -2.00. The van der Waals surface area contributed by atoms with Crippen molar-refractivity contribution in [1.82, 2.24) is 0 Å². The summed E-state index contributed by atoms with van der Waals surface area (Å²) in [5, 5.41) is 2.54. The highest BCUT2D eigenvalue weighted by Gasteiger charge is 2.12. The molecule has 0 saturated carbocycles. The number of rotatable bonds is 3.